The van der Waals surface area contributed by atoms with E-state index in [1.54, 1.807) is 0 Å². The van der Waals surface area contributed by atoms with Gasteiger partial charge in [-0.2, -0.15) is 5.10 Å². The summed E-state index contributed by atoms with van der Waals surface area (Å²) in [5.41, 5.74) is 2.36. The minimum Gasteiger partial charge on any atom is -0.379 e. The highest BCUT2D eigenvalue weighted by Crippen LogP contribution is 2.30. The number of hydrogen-bond donors (Lipinski definition) is 1. The Morgan fingerprint density at radius 1 is 1.10 bits per heavy atom. The normalized spacial score (nSPS) is 11.0. The molecule has 0 radical (unpaired) electrons. The van der Waals surface area contributed by atoms with Crippen molar-refractivity contribution < 1.29 is 0 Å². The van der Waals surface area contributed by atoms with Gasteiger partial charge in [0.05, 0.1) is 12.2 Å². The van der Waals surface area contributed by atoms with Gasteiger partial charge >= 0.3 is 0 Å². The monoisotopic (exact) mass is 343 g/mol. The molecule has 0 bridgehead atoms. The van der Waals surface area contributed by atoms with E-state index in [4.69, 9.17) is 0 Å². The molecule has 0 saturated heterocycles. The van der Waals surface area contributed by atoms with Crippen LogP contribution in [0.1, 0.15) is 19.0 Å². The first kappa shape index (κ1) is 14.1. The van der Waals surface area contributed by atoms with Gasteiger partial charge in [-0.3, -0.25) is 4.68 Å². The third kappa shape index (κ3) is 2.95. The number of nitrogens with one attached hydrogen (secondary N) is 1. The van der Waals surface area contributed by atoms with E-state index in [2.05, 4.69) is 80.4 Å². The molecule has 1 heterocycles. The highest BCUT2D eigenvalue weighted by atomic mass is 79.9. The van der Waals surface area contributed by atoms with E-state index < -0.39 is 0 Å². The zero-order chi connectivity index (χ0) is 14.7. The molecule has 0 amide bonds. The summed E-state index contributed by atoms with van der Waals surface area (Å²) in [5, 5.41) is 10.4. The van der Waals surface area contributed by atoms with Crippen molar-refractivity contribution in [1.29, 1.82) is 0 Å². The second kappa shape index (κ2) is 6.31. The molecular formula is C17H18BrN3. The van der Waals surface area contributed by atoms with E-state index >= 15 is 0 Å². The van der Waals surface area contributed by atoms with Crippen molar-refractivity contribution >= 4 is 32.4 Å². The smallest absolute Gasteiger partial charge is 0.0575 e. The van der Waals surface area contributed by atoms with Crippen molar-refractivity contribution in [3.63, 3.8) is 0 Å². The zero-order valence-electron chi connectivity index (χ0n) is 12.0. The minimum absolute atomic E-state index is 0.783. The van der Waals surface area contributed by atoms with Crippen molar-refractivity contribution in [2.75, 3.05) is 5.32 Å². The van der Waals surface area contributed by atoms with Crippen LogP contribution in [0.5, 0.6) is 0 Å². The first-order valence-electron chi connectivity index (χ1n) is 7.21. The fourth-order valence-electron chi connectivity index (χ4n) is 2.53. The number of anilines is 1. The summed E-state index contributed by atoms with van der Waals surface area (Å²) >= 11 is 3.61. The number of nitrogens with zero attached hydrogens (tertiary/aromatic N) is 2. The minimum atomic E-state index is 0.783. The molecule has 0 aliphatic rings. The largest absolute Gasteiger partial charge is 0.379 e. The molecule has 0 fully saturated rings. The number of rotatable bonds is 5. The molecule has 0 saturated carbocycles. The lowest BCUT2D eigenvalue weighted by Gasteiger charge is -2.12. The van der Waals surface area contributed by atoms with Crippen molar-refractivity contribution in [3.8, 4) is 0 Å². The summed E-state index contributed by atoms with van der Waals surface area (Å²) in [4.78, 5) is 0. The van der Waals surface area contributed by atoms with Crippen LogP contribution < -0.4 is 5.32 Å². The Kier molecular flexibility index (Phi) is 4.25. The van der Waals surface area contributed by atoms with Crippen LogP contribution in [0.2, 0.25) is 0 Å². The number of fused-ring (bicyclic) bond motifs is 1. The van der Waals surface area contributed by atoms with Gasteiger partial charge in [0.15, 0.2) is 0 Å². The lowest BCUT2D eigenvalue weighted by Crippen LogP contribution is -2.09. The second-order valence-electron chi connectivity index (χ2n) is 5.04. The van der Waals surface area contributed by atoms with E-state index in [0.29, 0.717) is 0 Å². The van der Waals surface area contributed by atoms with Gasteiger partial charge in [0.2, 0.25) is 0 Å². The van der Waals surface area contributed by atoms with Crippen LogP contribution in [0, 0.1) is 0 Å². The quantitative estimate of drug-likeness (QED) is 0.719. The predicted molar refractivity (Wildman–Crippen MR) is 91.5 cm³/mol. The van der Waals surface area contributed by atoms with Gasteiger partial charge in [0.25, 0.3) is 0 Å². The van der Waals surface area contributed by atoms with E-state index in [1.165, 1.54) is 16.5 Å². The Balaban J connectivity index is 1.85. The van der Waals surface area contributed by atoms with Crippen LogP contribution >= 0.6 is 15.9 Å². The van der Waals surface area contributed by atoms with Gasteiger partial charge < -0.3 is 5.32 Å². The van der Waals surface area contributed by atoms with E-state index in [9.17, 15) is 0 Å². The van der Waals surface area contributed by atoms with Crippen LogP contribution in [-0.2, 0) is 13.1 Å². The molecule has 0 atom stereocenters. The highest BCUT2D eigenvalue weighted by Gasteiger charge is 2.05. The van der Waals surface area contributed by atoms with Gasteiger partial charge in [-0.15, -0.1) is 0 Å². The summed E-state index contributed by atoms with van der Waals surface area (Å²) in [6, 6.07) is 14.7. The molecule has 3 rings (SSSR count). The Morgan fingerprint density at radius 2 is 1.90 bits per heavy atom. The van der Waals surface area contributed by atoms with Crippen LogP contribution in [-0.4, -0.2) is 9.78 Å². The van der Waals surface area contributed by atoms with Crippen molar-refractivity contribution in [1.82, 2.24) is 9.78 Å². The van der Waals surface area contributed by atoms with E-state index in [-0.39, 0.29) is 0 Å². The average Bonchev–Trinajstić information content (AvgIpc) is 2.95. The Bertz CT molecular complexity index is 749. The number of aryl methyl sites for hydroxylation is 1. The molecule has 4 heteroatoms. The molecule has 3 nitrogen and oxygen atoms in total. The molecular weight excluding hydrogens is 326 g/mol. The third-order valence-corrected chi connectivity index (χ3v) is 4.26. The molecule has 1 N–H and O–H groups in total. The highest BCUT2D eigenvalue weighted by molar-refractivity contribution is 9.10. The summed E-state index contributed by atoms with van der Waals surface area (Å²) in [7, 11) is 0. The third-order valence-electron chi connectivity index (χ3n) is 3.57. The fourth-order valence-corrected chi connectivity index (χ4v) is 3.00. The lowest BCUT2D eigenvalue weighted by molar-refractivity contribution is 0.578. The van der Waals surface area contributed by atoms with E-state index in [0.717, 1.165) is 29.7 Å². The van der Waals surface area contributed by atoms with Crippen LogP contribution in [0.3, 0.4) is 0 Å². The number of aromatic nitrogens is 2. The van der Waals surface area contributed by atoms with Crippen molar-refractivity contribution in [2.24, 2.45) is 0 Å². The number of halogens is 1. The fraction of sp³-hybridized carbons (Fsp3) is 0.235. The summed E-state index contributed by atoms with van der Waals surface area (Å²) in [6.45, 7) is 3.91. The van der Waals surface area contributed by atoms with Gasteiger partial charge in [-0.25, -0.2) is 0 Å². The summed E-state index contributed by atoms with van der Waals surface area (Å²) in [6.07, 6.45) is 2.96. The van der Waals surface area contributed by atoms with Crippen LogP contribution in [0.4, 0.5) is 5.69 Å². The summed E-state index contributed by atoms with van der Waals surface area (Å²) in [5.74, 6) is 0. The maximum absolute atomic E-state index is 4.36. The van der Waals surface area contributed by atoms with Gasteiger partial charge in [0.1, 0.15) is 0 Å². The van der Waals surface area contributed by atoms with E-state index in [1.807, 2.05) is 6.20 Å². The second-order valence-corrected chi connectivity index (χ2v) is 5.89. The maximum atomic E-state index is 4.36. The Labute approximate surface area is 133 Å². The molecule has 3 aromatic rings. The topological polar surface area (TPSA) is 29.9 Å². The van der Waals surface area contributed by atoms with Crippen molar-refractivity contribution in [3.05, 3.63) is 58.8 Å². The average molecular weight is 344 g/mol. The first-order chi connectivity index (χ1) is 10.3. The van der Waals surface area contributed by atoms with Gasteiger partial charge in [0, 0.05) is 28.3 Å². The molecule has 108 valence electrons. The number of benzene rings is 2. The summed E-state index contributed by atoms with van der Waals surface area (Å²) < 4.78 is 3.19. The van der Waals surface area contributed by atoms with Gasteiger partial charge in [-0.05, 0) is 30.0 Å². The molecule has 2 aromatic carbocycles. The van der Waals surface area contributed by atoms with Crippen LogP contribution in [0.25, 0.3) is 10.8 Å². The zero-order valence-corrected chi connectivity index (χ0v) is 13.6. The molecule has 0 spiro atoms. The SMILES string of the molecule is CCCn1nccc1CNc1ccc(Br)c2ccccc12. The van der Waals surface area contributed by atoms with Crippen LogP contribution in [0.15, 0.2) is 53.1 Å². The molecule has 0 aliphatic carbocycles. The molecule has 1 aromatic heterocycles. The van der Waals surface area contributed by atoms with Gasteiger partial charge in [-0.1, -0.05) is 47.1 Å². The lowest BCUT2D eigenvalue weighted by atomic mass is 10.1. The molecule has 21 heavy (non-hydrogen) atoms. The number of hydrogen-bond acceptors (Lipinski definition) is 2. The Morgan fingerprint density at radius 3 is 2.71 bits per heavy atom. The van der Waals surface area contributed by atoms with Crippen molar-refractivity contribution in [2.45, 2.75) is 26.4 Å². The maximum Gasteiger partial charge on any atom is 0.0575 e. The molecule has 0 unspecified atom stereocenters. The molecule has 0 aliphatic heterocycles. The first-order valence-corrected chi connectivity index (χ1v) is 8.00. The Hall–Kier alpha value is -1.81. The predicted octanol–water partition coefficient (Wildman–Crippen LogP) is 4.82. The standard InChI is InChI=1S/C17H18BrN3/c1-2-11-21-13(9-10-20-21)12-19-17-8-7-16(18)14-5-3-4-6-15(14)17/h3-10,19H,2,11-12H2,1H3.